The molecule has 0 aromatic carbocycles. The van der Waals surface area contributed by atoms with Crippen LogP contribution in [0.2, 0.25) is 0 Å². The maximum absolute atomic E-state index is 5.70. The third-order valence-electron chi connectivity index (χ3n) is 2.94. The smallest absolute Gasteiger partial charge is 0.196 e. The molecule has 20 heavy (non-hydrogen) atoms. The van der Waals surface area contributed by atoms with Gasteiger partial charge in [0.25, 0.3) is 0 Å². The normalized spacial score (nSPS) is 18.6. The molecule has 1 aliphatic rings. The third-order valence-corrected chi connectivity index (χ3v) is 2.94. The van der Waals surface area contributed by atoms with Crippen LogP contribution < -0.4 is 14.8 Å². The summed E-state index contributed by atoms with van der Waals surface area (Å²) in [5, 5.41) is 3.39. The molecule has 2 rings (SSSR count). The van der Waals surface area contributed by atoms with Gasteiger partial charge >= 0.3 is 0 Å². The first-order valence-corrected chi connectivity index (χ1v) is 6.28. The summed E-state index contributed by atoms with van der Waals surface area (Å²) in [6, 6.07) is 2.28. The summed E-state index contributed by atoms with van der Waals surface area (Å²) in [5.41, 5.74) is 0. The van der Waals surface area contributed by atoms with Crippen LogP contribution in [0.25, 0.3) is 0 Å². The lowest BCUT2D eigenvalue weighted by Crippen LogP contribution is -2.28. The summed E-state index contributed by atoms with van der Waals surface area (Å²) < 4.78 is 16.2. The van der Waals surface area contributed by atoms with Gasteiger partial charge in [0.1, 0.15) is 18.1 Å². The Morgan fingerprint density at radius 1 is 1.35 bits per heavy atom. The molecule has 1 N–H and O–H groups in total. The molecule has 1 aromatic rings. The van der Waals surface area contributed by atoms with Crippen molar-refractivity contribution in [3.05, 3.63) is 18.5 Å². The maximum atomic E-state index is 5.70. The van der Waals surface area contributed by atoms with Gasteiger partial charge in [-0.2, -0.15) is 0 Å². The van der Waals surface area contributed by atoms with Crippen molar-refractivity contribution < 1.29 is 14.2 Å². The monoisotopic (exact) mass is 324 g/mol. The first kappa shape index (κ1) is 19.2. The lowest BCUT2D eigenvalue weighted by Gasteiger charge is -2.14. The van der Waals surface area contributed by atoms with E-state index in [0.29, 0.717) is 18.4 Å². The highest BCUT2D eigenvalue weighted by atomic mass is 35.5. The number of hydrogen-bond donors (Lipinski definition) is 1. The van der Waals surface area contributed by atoms with E-state index in [-0.39, 0.29) is 31.1 Å². The predicted molar refractivity (Wildman–Crippen MR) is 82.4 cm³/mol. The van der Waals surface area contributed by atoms with Crippen molar-refractivity contribution in [3.63, 3.8) is 0 Å². The number of hydrogen-bond acceptors (Lipinski definition) is 5. The Hall–Kier alpha value is -0.750. The third kappa shape index (κ3) is 6.13. The summed E-state index contributed by atoms with van der Waals surface area (Å²) in [7, 11) is 1.60. The van der Waals surface area contributed by atoms with E-state index < -0.39 is 0 Å². The average Bonchev–Trinajstić information content (AvgIpc) is 2.90. The summed E-state index contributed by atoms with van der Waals surface area (Å²) in [6.45, 7) is 3.59. The summed E-state index contributed by atoms with van der Waals surface area (Å²) in [5.74, 6) is 1.38. The second-order valence-corrected chi connectivity index (χ2v) is 4.38. The van der Waals surface area contributed by atoms with Gasteiger partial charge in [0.2, 0.25) is 0 Å². The van der Waals surface area contributed by atoms with Crippen LogP contribution in [0.1, 0.15) is 19.8 Å². The van der Waals surface area contributed by atoms with Crippen LogP contribution in [0.5, 0.6) is 11.5 Å². The van der Waals surface area contributed by atoms with Crippen molar-refractivity contribution in [2.75, 3.05) is 20.3 Å². The second-order valence-electron chi connectivity index (χ2n) is 4.38. The van der Waals surface area contributed by atoms with Crippen LogP contribution >= 0.6 is 24.8 Å². The Kier molecular flexibility index (Phi) is 9.67. The highest BCUT2D eigenvalue weighted by molar-refractivity contribution is 5.85. The fraction of sp³-hybridized carbons (Fsp3) is 0.615. The lowest BCUT2D eigenvalue weighted by molar-refractivity contribution is -0.0385. The first-order chi connectivity index (χ1) is 8.78. The van der Waals surface area contributed by atoms with Gasteiger partial charge in [0.05, 0.1) is 12.4 Å². The number of pyridine rings is 1. The molecule has 1 aliphatic heterocycles. The Morgan fingerprint density at radius 2 is 2.10 bits per heavy atom. The number of aromatic nitrogens is 1. The number of nitrogens with zero attached hydrogens (tertiary/aromatic N) is 1. The Bertz CT molecular complexity index is 376. The Labute approximate surface area is 132 Å². The Morgan fingerprint density at radius 3 is 2.75 bits per heavy atom. The molecule has 0 aliphatic carbocycles. The van der Waals surface area contributed by atoms with Crippen molar-refractivity contribution in [3.8, 4) is 11.5 Å². The van der Waals surface area contributed by atoms with E-state index in [4.69, 9.17) is 14.2 Å². The average molecular weight is 325 g/mol. The quantitative estimate of drug-likeness (QED) is 0.814. The molecule has 1 aromatic heterocycles. The fourth-order valence-electron chi connectivity index (χ4n) is 1.88. The van der Waals surface area contributed by atoms with E-state index in [1.54, 1.807) is 19.5 Å². The van der Waals surface area contributed by atoms with Crippen molar-refractivity contribution >= 4 is 24.8 Å². The minimum absolute atomic E-state index is 0. The van der Waals surface area contributed by atoms with Gasteiger partial charge in [-0.3, -0.25) is 4.98 Å². The first-order valence-electron chi connectivity index (χ1n) is 6.28. The molecule has 0 spiro atoms. The minimum atomic E-state index is -0.293. The molecular formula is C13H22Cl2N2O3. The van der Waals surface area contributed by atoms with Crippen molar-refractivity contribution in [1.82, 2.24) is 10.3 Å². The minimum Gasteiger partial charge on any atom is -0.490 e. The van der Waals surface area contributed by atoms with E-state index in [0.717, 1.165) is 12.3 Å². The summed E-state index contributed by atoms with van der Waals surface area (Å²) in [6.07, 6.45) is 5.44. The molecule has 1 unspecified atom stereocenters. The zero-order valence-electron chi connectivity index (χ0n) is 11.7. The lowest BCUT2D eigenvalue weighted by atomic mass is 10.2. The van der Waals surface area contributed by atoms with Crippen LogP contribution in [0.15, 0.2) is 18.5 Å². The second kappa shape index (κ2) is 10.0. The Balaban J connectivity index is 0.00000180. The van der Waals surface area contributed by atoms with Gasteiger partial charge in [-0.25, -0.2) is 0 Å². The van der Waals surface area contributed by atoms with Crippen LogP contribution in [0.4, 0.5) is 0 Å². The number of ether oxygens (including phenoxy) is 3. The number of nitrogens with one attached hydrogen (secondary N) is 1. The fourth-order valence-corrected chi connectivity index (χ4v) is 1.88. The van der Waals surface area contributed by atoms with Gasteiger partial charge < -0.3 is 19.5 Å². The van der Waals surface area contributed by atoms with Gasteiger partial charge in [-0.1, -0.05) is 0 Å². The van der Waals surface area contributed by atoms with Gasteiger partial charge in [0.15, 0.2) is 6.29 Å². The molecule has 116 valence electrons. The SMILES string of the molecule is COC(C)Oc1cncc(OC[C@@H]2CCCN2)c1.Cl.Cl. The van der Waals surface area contributed by atoms with E-state index >= 15 is 0 Å². The topological polar surface area (TPSA) is 52.6 Å². The molecule has 1 saturated heterocycles. The van der Waals surface area contributed by atoms with E-state index in [1.165, 1.54) is 12.8 Å². The van der Waals surface area contributed by atoms with Gasteiger partial charge in [-0.05, 0) is 26.3 Å². The van der Waals surface area contributed by atoms with Gasteiger partial charge in [-0.15, -0.1) is 24.8 Å². The zero-order chi connectivity index (χ0) is 12.8. The molecule has 0 saturated carbocycles. The van der Waals surface area contributed by atoms with Crippen LogP contribution in [0, 0.1) is 0 Å². The van der Waals surface area contributed by atoms with E-state index in [9.17, 15) is 0 Å². The van der Waals surface area contributed by atoms with E-state index in [1.807, 2.05) is 13.0 Å². The molecule has 0 bridgehead atoms. The molecule has 1 fully saturated rings. The number of halogens is 2. The largest absolute Gasteiger partial charge is 0.490 e. The molecule has 5 nitrogen and oxygen atoms in total. The maximum Gasteiger partial charge on any atom is 0.196 e. The van der Waals surface area contributed by atoms with Gasteiger partial charge in [0, 0.05) is 19.2 Å². The zero-order valence-corrected chi connectivity index (χ0v) is 13.3. The van der Waals surface area contributed by atoms with Crippen molar-refractivity contribution in [2.24, 2.45) is 0 Å². The molecule has 7 heteroatoms. The summed E-state index contributed by atoms with van der Waals surface area (Å²) in [4.78, 5) is 4.09. The highest BCUT2D eigenvalue weighted by Crippen LogP contribution is 2.19. The number of rotatable bonds is 6. The van der Waals surface area contributed by atoms with Crippen molar-refractivity contribution in [1.29, 1.82) is 0 Å². The molecular weight excluding hydrogens is 303 g/mol. The predicted octanol–water partition coefficient (Wildman–Crippen LogP) is 2.43. The molecule has 0 amide bonds. The standard InChI is InChI=1S/C13H20N2O3.2ClH/c1-10(16-2)18-13-6-12(7-14-8-13)17-9-11-4-3-5-15-11;;/h6-8,10-11,15H,3-5,9H2,1-2H3;2*1H/t10?,11-;;/m0../s1. The molecule has 2 atom stereocenters. The molecule has 0 radical (unpaired) electrons. The molecule has 2 heterocycles. The van der Waals surface area contributed by atoms with Crippen LogP contribution in [-0.4, -0.2) is 37.6 Å². The van der Waals surface area contributed by atoms with E-state index in [2.05, 4.69) is 10.3 Å². The van der Waals surface area contributed by atoms with Crippen LogP contribution in [-0.2, 0) is 4.74 Å². The van der Waals surface area contributed by atoms with Crippen LogP contribution in [0.3, 0.4) is 0 Å². The summed E-state index contributed by atoms with van der Waals surface area (Å²) >= 11 is 0. The highest BCUT2D eigenvalue weighted by Gasteiger charge is 2.14. The number of methoxy groups -OCH3 is 1. The van der Waals surface area contributed by atoms with Crippen molar-refractivity contribution in [2.45, 2.75) is 32.1 Å².